The van der Waals surface area contributed by atoms with Gasteiger partial charge < -0.3 is 5.32 Å². The molecule has 0 bridgehead atoms. The van der Waals surface area contributed by atoms with Crippen molar-refractivity contribution in [2.24, 2.45) is 0 Å². The van der Waals surface area contributed by atoms with Gasteiger partial charge in [-0.05, 0) is 28.5 Å². The first-order valence-corrected chi connectivity index (χ1v) is 6.96. The first-order chi connectivity index (χ1) is 9.88. The quantitative estimate of drug-likeness (QED) is 0.927. The van der Waals surface area contributed by atoms with Crippen molar-refractivity contribution in [2.75, 3.05) is 0 Å². The summed E-state index contributed by atoms with van der Waals surface area (Å²) in [5.41, 5.74) is 2.08. The fourth-order valence-corrected chi connectivity index (χ4v) is 2.04. The topological polar surface area (TPSA) is 72.7 Å². The molecule has 1 amide bonds. The molecule has 2 rings (SSSR count). The zero-order chi connectivity index (χ0) is 15.5. The summed E-state index contributed by atoms with van der Waals surface area (Å²) in [6.45, 7) is 8.71. The van der Waals surface area contributed by atoms with Crippen LogP contribution in [0.15, 0.2) is 24.3 Å². The zero-order valence-electron chi connectivity index (χ0n) is 12.9. The summed E-state index contributed by atoms with van der Waals surface area (Å²) in [5, 5.41) is 14.4. The van der Waals surface area contributed by atoms with Crippen LogP contribution in [0.1, 0.15) is 37.7 Å². The Morgan fingerprint density at radius 2 is 2.00 bits per heavy atom. The van der Waals surface area contributed by atoms with Gasteiger partial charge in [0, 0.05) is 12.0 Å². The van der Waals surface area contributed by atoms with Gasteiger partial charge >= 0.3 is 0 Å². The maximum Gasteiger partial charge on any atom is 0.242 e. The molecule has 0 spiro atoms. The molecule has 1 N–H and O–H groups in total. The van der Waals surface area contributed by atoms with Crippen LogP contribution in [0.25, 0.3) is 0 Å². The second-order valence-corrected chi connectivity index (χ2v) is 6.11. The molecule has 2 aromatic rings. The molecule has 0 aliphatic carbocycles. The van der Waals surface area contributed by atoms with Crippen molar-refractivity contribution in [1.29, 1.82) is 0 Å². The molecule has 0 fully saturated rings. The Labute approximate surface area is 124 Å². The van der Waals surface area contributed by atoms with Crippen LogP contribution < -0.4 is 5.32 Å². The molecule has 112 valence electrons. The Morgan fingerprint density at radius 3 is 2.67 bits per heavy atom. The van der Waals surface area contributed by atoms with E-state index in [0.29, 0.717) is 12.4 Å². The molecule has 21 heavy (non-hydrogen) atoms. The lowest BCUT2D eigenvalue weighted by Gasteiger charge is -2.17. The van der Waals surface area contributed by atoms with Crippen LogP contribution in [-0.4, -0.2) is 26.1 Å². The highest BCUT2D eigenvalue weighted by Crippen LogP contribution is 2.18. The van der Waals surface area contributed by atoms with Gasteiger partial charge in [0.25, 0.3) is 0 Å². The molecule has 0 unspecified atom stereocenters. The minimum Gasteiger partial charge on any atom is -0.350 e. The smallest absolute Gasteiger partial charge is 0.242 e. The van der Waals surface area contributed by atoms with Crippen molar-refractivity contribution in [3.05, 3.63) is 41.2 Å². The lowest BCUT2D eigenvalue weighted by atomic mass is 9.96. The number of carbonyl (C=O) groups is 1. The van der Waals surface area contributed by atoms with Gasteiger partial charge in [0.05, 0.1) is 0 Å². The Morgan fingerprint density at radius 1 is 1.29 bits per heavy atom. The van der Waals surface area contributed by atoms with E-state index < -0.39 is 0 Å². The van der Waals surface area contributed by atoms with Crippen molar-refractivity contribution >= 4 is 5.91 Å². The van der Waals surface area contributed by atoms with Crippen molar-refractivity contribution in [3.8, 4) is 0 Å². The number of hydrogen-bond donors (Lipinski definition) is 1. The van der Waals surface area contributed by atoms with Crippen LogP contribution >= 0.6 is 0 Å². The van der Waals surface area contributed by atoms with Gasteiger partial charge in [0.15, 0.2) is 5.82 Å². The predicted molar refractivity (Wildman–Crippen MR) is 79.5 cm³/mol. The van der Waals surface area contributed by atoms with E-state index in [-0.39, 0.29) is 17.9 Å². The van der Waals surface area contributed by atoms with Crippen LogP contribution in [0.4, 0.5) is 0 Å². The molecule has 0 aliphatic heterocycles. The second-order valence-electron chi connectivity index (χ2n) is 6.11. The number of carbonyl (C=O) groups excluding carboxylic acids is 1. The van der Waals surface area contributed by atoms with Gasteiger partial charge in [0.2, 0.25) is 5.91 Å². The summed E-state index contributed by atoms with van der Waals surface area (Å²) in [4.78, 5) is 12.0. The normalized spacial score (nSPS) is 11.4. The van der Waals surface area contributed by atoms with Crippen LogP contribution in [0.2, 0.25) is 0 Å². The van der Waals surface area contributed by atoms with Crippen molar-refractivity contribution in [2.45, 2.75) is 46.2 Å². The summed E-state index contributed by atoms with van der Waals surface area (Å²) in [6.07, 6.45) is 0. The fraction of sp³-hybridized carbons (Fsp3) is 0.467. The average Bonchev–Trinajstić information content (AvgIpc) is 2.86. The van der Waals surface area contributed by atoms with E-state index in [2.05, 4.69) is 20.8 Å². The number of aromatic nitrogens is 4. The highest BCUT2D eigenvalue weighted by molar-refractivity contribution is 5.75. The monoisotopic (exact) mass is 287 g/mol. The lowest BCUT2D eigenvalue weighted by Crippen LogP contribution is -2.30. The number of nitrogens with one attached hydrogen (secondary N) is 1. The molecule has 1 heterocycles. The molecular weight excluding hydrogens is 266 g/mol. The SMILES string of the molecule is Cc1ccccc1CNC(=O)Cn1nnnc1C(C)(C)C. The van der Waals surface area contributed by atoms with Crippen molar-refractivity contribution < 1.29 is 4.79 Å². The van der Waals surface area contributed by atoms with Crippen LogP contribution in [0.5, 0.6) is 0 Å². The summed E-state index contributed by atoms with van der Waals surface area (Å²) < 4.78 is 1.55. The first-order valence-electron chi connectivity index (χ1n) is 6.96. The van der Waals surface area contributed by atoms with Gasteiger partial charge in [-0.3, -0.25) is 4.79 Å². The largest absolute Gasteiger partial charge is 0.350 e. The van der Waals surface area contributed by atoms with Gasteiger partial charge in [-0.1, -0.05) is 45.0 Å². The molecule has 0 aliphatic rings. The molecule has 0 radical (unpaired) electrons. The molecule has 0 atom stereocenters. The Kier molecular flexibility index (Phi) is 4.35. The molecule has 0 saturated carbocycles. The molecule has 6 heteroatoms. The Balaban J connectivity index is 1.97. The third-order valence-electron chi connectivity index (χ3n) is 3.23. The predicted octanol–water partition coefficient (Wildman–Crippen LogP) is 1.60. The molecule has 0 saturated heterocycles. The molecule has 6 nitrogen and oxygen atoms in total. The van der Waals surface area contributed by atoms with Crippen molar-refractivity contribution in [3.63, 3.8) is 0 Å². The van der Waals surface area contributed by atoms with Gasteiger partial charge in [-0.2, -0.15) is 0 Å². The van der Waals surface area contributed by atoms with Gasteiger partial charge in [-0.15, -0.1) is 5.10 Å². The first kappa shape index (κ1) is 15.2. The molecule has 1 aromatic carbocycles. The molecule has 1 aromatic heterocycles. The van der Waals surface area contributed by atoms with E-state index in [1.807, 2.05) is 52.0 Å². The highest BCUT2D eigenvalue weighted by Gasteiger charge is 2.22. The van der Waals surface area contributed by atoms with Gasteiger partial charge in [-0.25, -0.2) is 4.68 Å². The minimum absolute atomic E-state index is 0.101. The number of hydrogen-bond acceptors (Lipinski definition) is 4. The maximum atomic E-state index is 12.0. The third-order valence-corrected chi connectivity index (χ3v) is 3.23. The number of benzene rings is 1. The van der Waals surface area contributed by atoms with E-state index in [4.69, 9.17) is 0 Å². The Bertz CT molecular complexity index is 627. The summed E-state index contributed by atoms with van der Waals surface area (Å²) in [5.74, 6) is 0.601. The number of nitrogens with zero attached hydrogens (tertiary/aromatic N) is 4. The van der Waals surface area contributed by atoms with Crippen LogP contribution in [-0.2, 0) is 23.3 Å². The average molecular weight is 287 g/mol. The summed E-state index contributed by atoms with van der Waals surface area (Å²) in [7, 11) is 0. The van der Waals surface area contributed by atoms with Crippen LogP contribution in [0.3, 0.4) is 0 Å². The van der Waals surface area contributed by atoms with E-state index in [1.54, 1.807) is 4.68 Å². The number of rotatable bonds is 4. The van der Waals surface area contributed by atoms with Gasteiger partial charge in [0.1, 0.15) is 6.54 Å². The maximum absolute atomic E-state index is 12.0. The number of aryl methyl sites for hydroxylation is 1. The van der Waals surface area contributed by atoms with E-state index in [0.717, 1.165) is 11.1 Å². The minimum atomic E-state index is -0.195. The van der Waals surface area contributed by atoms with E-state index >= 15 is 0 Å². The van der Waals surface area contributed by atoms with Crippen LogP contribution in [0, 0.1) is 6.92 Å². The highest BCUT2D eigenvalue weighted by atomic mass is 16.2. The van der Waals surface area contributed by atoms with Crippen molar-refractivity contribution in [1.82, 2.24) is 25.5 Å². The lowest BCUT2D eigenvalue weighted by molar-refractivity contribution is -0.122. The standard InChI is InChI=1S/C15H21N5O/c1-11-7-5-6-8-12(11)9-16-13(21)10-20-14(15(2,3)4)17-18-19-20/h5-8H,9-10H2,1-4H3,(H,16,21). The van der Waals surface area contributed by atoms with E-state index in [1.165, 1.54) is 0 Å². The Hall–Kier alpha value is -2.24. The summed E-state index contributed by atoms with van der Waals surface area (Å²) in [6, 6.07) is 7.98. The number of amides is 1. The second kappa shape index (κ2) is 6.03. The summed E-state index contributed by atoms with van der Waals surface area (Å²) >= 11 is 0. The molecular formula is C15H21N5O. The third kappa shape index (κ3) is 3.87. The van der Waals surface area contributed by atoms with E-state index in [9.17, 15) is 4.79 Å². The zero-order valence-corrected chi connectivity index (χ0v) is 12.9. The fourth-order valence-electron chi connectivity index (χ4n) is 2.04. The number of tetrazole rings is 1.